The Bertz CT molecular complexity index is 385. The molecule has 1 fully saturated rings. The molecule has 16 heavy (non-hydrogen) atoms. The number of aromatic amines is 1. The van der Waals surface area contributed by atoms with E-state index in [1.165, 1.54) is 24.2 Å². The maximum atomic E-state index is 5.77. The van der Waals surface area contributed by atoms with E-state index >= 15 is 0 Å². The normalized spacial score (nSPS) is 34.0. The zero-order chi connectivity index (χ0) is 11.1. The molecule has 2 heterocycles. The molecule has 1 N–H and O–H groups in total. The lowest BCUT2D eigenvalue weighted by Gasteiger charge is -2.15. The van der Waals surface area contributed by atoms with Crippen molar-refractivity contribution in [2.24, 2.45) is 5.92 Å². The average molecular weight is 220 g/mol. The van der Waals surface area contributed by atoms with Gasteiger partial charge in [0.1, 0.15) is 11.9 Å². The number of rotatable bonds is 1. The van der Waals surface area contributed by atoms with Crippen LogP contribution in [0.2, 0.25) is 0 Å². The van der Waals surface area contributed by atoms with Crippen LogP contribution in [0.4, 0.5) is 0 Å². The maximum Gasteiger partial charge on any atom is 0.136 e. The summed E-state index contributed by atoms with van der Waals surface area (Å²) in [5.41, 5.74) is 2.65. The van der Waals surface area contributed by atoms with Crippen molar-refractivity contribution >= 4 is 0 Å². The Labute approximate surface area is 96.6 Å². The molecule has 0 aromatic carbocycles. The van der Waals surface area contributed by atoms with Crippen LogP contribution in [0.1, 0.15) is 62.3 Å². The number of aromatic nitrogens is 2. The number of ether oxygens (including phenoxy) is 1. The predicted octanol–water partition coefficient (Wildman–Crippen LogP) is 2.95. The summed E-state index contributed by atoms with van der Waals surface area (Å²) < 4.78 is 5.77. The number of fused-ring (bicyclic) bond motifs is 1. The first kappa shape index (κ1) is 10.3. The average Bonchev–Trinajstić information content (AvgIpc) is 2.84. The number of nitrogens with one attached hydrogen (secondary N) is 1. The molecule has 1 aliphatic heterocycles. The SMILES string of the molecule is CC1CCCc2[nH]c(C3OCCC3C)nc21. The minimum absolute atomic E-state index is 0.206. The first-order valence-corrected chi connectivity index (χ1v) is 6.46. The molecular formula is C13H20N2O. The van der Waals surface area contributed by atoms with Crippen LogP contribution in [0.3, 0.4) is 0 Å². The first-order chi connectivity index (χ1) is 7.75. The van der Waals surface area contributed by atoms with Crippen molar-refractivity contribution in [2.45, 2.75) is 51.6 Å². The molecule has 1 aromatic rings. The highest BCUT2D eigenvalue weighted by Crippen LogP contribution is 2.36. The second-order valence-electron chi connectivity index (χ2n) is 5.34. The third-order valence-corrected chi connectivity index (χ3v) is 4.02. The van der Waals surface area contributed by atoms with Crippen molar-refractivity contribution < 1.29 is 4.74 Å². The molecule has 1 aliphatic carbocycles. The summed E-state index contributed by atoms with van der Waals surface area (Å²) >= 11 is 0. The first-order valence-electron chi connectivity index (χ1n) is 6.46. The van der Waals surface area contributed by atoms with E-state index in [-0.39, 0.29) is 6.10 Å². The fourth-order valence-electron chi connectivity index (χ4n) is 2.94. The molecular weight excluding hydrogens is 200 g/mol. The van der Waals surface area contributed by atoms with E-state index in [1.807, 2.05) is 0 Å². The van der Waals surface area contributed by atoms with Crippen LogP contribution in [0.15, 0.2) is 0 Å². The monoisotopic (exact) mass is 220 g/mol. The van der Waals surface area contributed by atoms with Gasteiger partial charge < -0.3 is 9.72 Å². The second-order valence-corrected chi connectivity index (χ2v) is 5.34. The molecule has 0 bridgehead atoms. The van der Waals surface area contributed by atoms with E-state index in [1.54, 1.807) is 0 Å². The second kappa shape index (κ2) is 3.88. The predicted molar refractivity (Wildman–Crippen MR) is 62.4 cm³/mol. The van der Waals surface area contributed by atoms with Gasteiger partial charge in [0, 0.05) is 18.2 Å². The third-order valence-electron chi connectivity index (χ3n) is 4.02. The molecule has 88 valence electrons. The van der Waals surface area contributed by atoms with E-state index in [0.29, 0.717) is 11.8 Å². The minimum atomic E-state index is 0.206. The topological polar surface area (TPSA) is 37.9 Å². The summed E-state index contributed by atoms with van der Waals surface area (Å²) in [5.74, 6) is 2.29. The van der Waals surface area contributed by atoms with Crippen molar-refractivity contribution in [1.29, 1.82) is 0 Å². The molecule has 0 radical (unpaired) electrons. The largest absolute Gasteiger partial charge is 0.370 e. The van der Waals surface area contributed by atoms with E-state index in [0.717, 1.165) is 25.3 Å². The Kier molecular flexibility index (Phi) is 2.51. The Morgan fingerprint density at radius 1 is 1.31 bits per heavy atom. The minimum Gasteiger partial charge on any atom is -0.370 e. The van der Waals surface area contributed by atoms with Crippen molar-refractivity contribution in [3.8, 4) is 0 Å². The molecule has 3 atom stereocenters. The van der Waals surface area contributed by atoms with Gasteiger partial charge in [0.15, 0.2) is 0 Å². The van der Waals surface area contributed by atoms with Crippen LogP contribution in [0.5, 0.6) is 0 Å². The Balaban J connectivity index is 1.91. The lowest BCUT2D eigenvalue weighted by Crippen LogP contribution is -2.06. The van der Waals surface area contributed by atoms with Gasteiger partial charge in [-0.05, 0) is 31.6 Å². The van der Waals surface area contributed by atoms with Gasteiger partial charge >= 0.3 is 0 Å². The van der Waals surface area contributed by atoms with Gasteiger partial charge in [-0.15, -0.1) is 0 Å². The van der Waals surface area contributed by atoms with Crippen LogP contribution >= 0.6 is 0 Å². The summed E-state index contributed by atoms with van der Waals surface area (Å²) in [6.07, 6.45) is 5.09. The van der Waals surface area contributed by atoms with Crippen LogP contribution < -0.4 is 0 Å². The molecule has 1 saturated heterocycles. The zero-order valence-corrected chi connectivity index (χ0v) is 10.1. The Morgan fingerprint density at radius 3 is 2.88 bits per heavy atom. The molecule has 2 aliphatic rings. The molecule has 0 amide bonds. The zero-order valence-electron chi connectivity index (χ0n) is 10.1. The summed E-state index contributed by atoms with van der Waals surface area (Å²) in [6, 6.07) is 0. The Hall–Kier alpha value is -0.830. The molecule has 3 nitrogen and oxygen atoms in total. The van der Waals surface area contributed by atoms with Crippen LogP contribution in [0.25, 0.3) is 0 Å². The number of imidazole rings is 1. The summed E-state index contributed by atoms with van der Waals surface area (Å²) in [5, 5.41) is 0. The van der Waals surface area contributed by atoms with Crippen LogP contribution in [-0.2, 0) is 11.2 Å². The Morgan fingerprint density at radius 2 is 2.19 bits per heavy atom. The van der Waals surface area contributed by atoms with Crippen molar-refractivity contribution in [1.82, 2.24) is 9.97 Å². The van der Waals surface area contributed by atoms with E-state index in [2.05, 4.69) is 18.8 Å². The summed E-state index contributed by atoms with van der Waals surface area (Å²) in [6.45, 7) is 5.41. The van der Waals surface area contributed by atoms with Gasteiger partial charge in [0.05, 0.1) is 5.69 Å². The number of hydrogen-bond acceptors (Lipinski definition) is 2. The summed E-state index contributed by atoms with van der Waals surface area (Å²) in [7, 11) is 0. The number of nitrogens with zero attached hydrogens (tertiary/aromatic N) is 1. The fraction of sp³-hybridized carbons (Fsp3) is 0.769. The highest BCUT2D eigenvalue weighted by Gasteiger charge is 2.30. The standard InChI is InChI=1S/C13H20N2O/c1-8-4-3-5-10-11(8)15-13(14-10)12-9(2)6-7-16-12/h8-9,12H,3-7H2,1-2H3,(H,14,15). The van der Waals surface area contributed by atoms with Crippen LogP contribution in [0, 0.1) is 5.92 Å². The third kappa shape index (κ3) is 1.58. The lowest BCUT2D eigenvalue weighted by atomic mass is 9.92. The molecule has 1 aromatic heterocycles. The molecule has 0 spiro atoms. The lowest BCUT2D eigenvalue weighted by molar-refractivity contribution is 0.0878. The quantitative estimate of drug-likeness (QED) is 0.790. The molecule has 3 heteroatoms. The van der Waals surface area contributed by atoms with Gasteiger partial charge in [-0.1, -0.05) is 13.8 Å². The van der Waals surface area contributed by atoms with Gasteiger partial charge in [-0.25, -0.2) is 4.98 Å². The molecule has 0 saturated carbocycles. The van der Waals surface area contributed by atoms with E-state index < -0.39 is 0 Å². The van der Waals surface area contributed by atoms with Crippen molar-refractivity contribution in [2.75, 3.05) is 6.61 Å². The van der Waals surface area contributed by atoms with E-state index in [4.69, 9.17) is 9.72 Å². The van der Waals surface area contributed by atoms with Gasteiger partial charge in [0.2, 0.25) is 0 Å². The smallest absolute Gasteiger partial charge is 0.136 e. The highest BCUT2D eigenvalue weighted by atomic mass is 16.5. The number of hydrogen-bond donors (Lipinski definition) is 1. The highest BCUT2D eigenvalue weighted by molar-refractivity contribution is 5.22. The maximum absolute atomic E-state index is 5.77. The van der Waals surface area contributed by atoms with Crippen molar-refractivity contribution in [3.05, 3.63) is 17.2 Å². The number of aryl methyl sites for hydroxylation is 1. The summed E-state index contributed by atoms with van der Waals surface area (Å²) in [4.78, 5) is 8.28. The van der Waals surface area contributed by atoms with Gasteiger partial charge in [0.25, 0.3) is 0 Å². The fourth-order valence-corrected chi connectivity index (χ4v) is 2.94. The van der Waals surface area contributed by atoms with Gasteiger partial charge in [-0.3, -0.25) is 0 Å². The molecule has 3 unspecified atom stereocenters. The number of H-pyrrole nitrogens is 1. The van der Waals surface area contributed by atoms with Gasteiger partial charge in [-0.2, -0.15) is 0 Å². The van der Waals surface area contributed by atoms with Crippen molar-refractivity contribution in [3.63, 3.8) is 0 Å². The van der Waals surface area contributed by atoms with Crippen LogP contribution in [-0.4, -0.2) is 16.6 Å². The molecule has 3 rings (SSSR count). The van der Waals surface area contributed by atoms with E-state index in [9.17, 15) is 0 Å².